The third kappa shape index (κ3) is 1.37. The lowest BCUT2D eigenvalue weighted by Gasteiger charge is -2.04. The molecular formula is C10H8O4. The van der Waals surface area contributed by atoms with Crippen LogP contribution in [0.1, 0.15) is 0 Å². The highest BCUT2D eigenvalue weighted by Crippen LogP contribution is 2.31. The molecule has 0 atom stereocenters. The van der Waals surface area contributed by atoms with Crippen LogP contribution in [-0.4, -0.2) is 10.5 Å². The summed E-state index contributed by atoms with van der Waals surface area (Å²) in [5.41, 5.74) is 0. The van der Waals surface area contributed by atoms with Gasteiger partial charge in [0.15, 0.2) is 0 Å². The number of hydrogen-bond donors (Lipinski definition) is 2. The topological polar surface area (TPSA) is 58.9 Å². The van der Waals surface area contributed by atoms with Crippen molar-refractivity contribution in [2.24, 2.45) is 0 Å². The van der Waals surface area contributed by atoms with E-state index in [1.807, 2.05) is 24.3 Å². The predicted octanol–water partition coefficient (Wildman–Crippen LogP) is 2.54. The molecule has 4 nitrogen and oxygen atoms in total. The number of rotatable bonds is 2. The summed E-state index contributed by atoms with van der Waals surface area (Å²) in [7, 11) is 0. The second-order valence-corrected chi connectivity index (χ2v) is 2.83. The van der Waals surface area contributed by atoms with E-state index >= 15 is 0 Å². The Kier molecular flexibility index (Phi) is 2.22. The zero-order valence-electron chi connectivity index (χ0n) is 7.18. The summed E-state index contributed by atoms with van der Waals surface area (Å²) in [6.45, 7) is 0. The molecule has 0 saturated heterocycles. The first-order chi connectivity index (χ1) is 6.85. The molecule has 0 bridgehead atoms. The standard InChI is InChI=1S/C10H8O4/c11-13-9-5-7-3-1-2-4-8(7)6-10(9)14-12/h1-6,11-12H. The van der Waals surface area contributed by atoms with E-state index in [0.29, 0.717) is 0 Å². The van der Waals surface area contributed by atoms with Crippen LogP contribution in [0.2, 0.25) is 0 Å². The first-order valence-electron chi connectivity index (χ1n) is 4.01. The molecule has 4 heteroatoms. The zero-order chi connectivity index (χ0) is 9.97. The van der Waals surface area contributed by atoms with Crippen LogP contribution in [0, 0.1) is 0 Å². The molecule has 0 saturated carbocycles. The monoisotopic (exact) mass is 192 g/mol. The van der Waals surface area contributed by atoms with Gasteiger partial charge in [-0.2, -0.15) is 0 Å². The zero-order valence-corrected chi connectivity index (χ0v) is 7.18. The molecule has 0 aliphatic carbocycles. The van der Waals surface area contributed by atoms with Gasteiger partial charge in [-0.1, -0.05) is 24.3 Å². The maximum Gasteiger partial charge on any atom is 0.211 e. The summed E-state index contributed by atoms with van der Waals surface area (Å²) in [6.07, 6.45) is 0. The quantitative estimate of drug-likeness (QED) is 0.567. The van der Waals surface area contributed by atoms with E-state index in [4.69, 9.17) is 10.5 Å². The van der Waals surface area contributed by atoms with Gasteiger partial charge in [0.1, 0.15) is 0 Å². The van der Waals surface area contributed by atoms with Crippen molar-refractivity contribution in [3.63, 3.8) is 0 Å². The number of benzene rings is 2. The molecule has 0 fully saturated rings. The van der Waals surface area contributed by atoms with Crippen LogP contribution in [0.25, 0.3) is 10.8 Å². The van der Waals surface area contributed by atoms with Crippen molar-refractivity contribution in [3.05, 3.63) is 36.4 Å². The summed E-state index contributed by atoms with van der Waals surface area (Å²) < 4.78 is 0. The Bertz CT molecular complexity index is 410. The molecule has 0 amide bonds. The van der Waals surface area contributed by atoms with Crippen molar-refractivity contribution < 1.29 is 20.3 Å². The molecule has 2 N–H and O–H groups in total. The fourth-order valence-corrected chi connectivity index (χ4v) is 1.34. The molecule has 0 heterocycles. The Morgan fingerprint density at radius 2 is 1.21 bits per heavy atom. The third-order valence-corrected chi connectivity index (χ3v) is 2.01. The van der Waals surface area contributed by atoms with E-state index in [-0.39, 0.29) is 11.5 Å². The minimum absolute atomic E-state index is 0.0752. The first-order valence-corrected chi connectivity index (χ1v) is 4.01. The predicted molar refractivity (Wildman–Crippen MR) is 50.5 cm³/mol. The molecule has 2 aromatic carbocycles. The van der Waals surface area contributed by atoms with E-state index in [0.717, 1.165) is 10.8 Å². The Labute approximate surface area is 79.8 Å². The fourth-order valence-electron chi connectivity index (χ4n) is 1.34. The molecule has 2 aromatic rings. The van der Waals surface area contributed by atoms with Crippen LogP contribution in [0.15, 0.2) is 36.4 Å². The summed E-state index contributed by atoms with van der Waals surface area (Å²) in [5.74, 6) is 0.150. The molecule has 0 aliphatic heterocycles. The van der Waals surface area contributed by atoms with Gasteiger partial charge in [0, 0.05) is 0 Å². The van der Waals surface area contributed by atoms with E-state index in [1.165, 1.54) is 0 Å². The van der Waals surface area contributed by atoms with Crippen LogP contribution in [0.3, 0.4) is 0 Å². The van der Waals surface area contributed by atoms with E-state index < -0.39 is 0 Å². The molecule has 0 aromatic heterocycles. The van der Waals surface area contributed by atoms with Crippen molar-refractivity contribution >= 4 is 10.8 Å². The summed E-state index contributed by atoms with van der Waals surface area (Å²) in [5, 5.41) is 18.8. The van der Waals surface area contributed by atoms with Crippen LogP contribution < -0.4 is 9.78 Å². The Morgan fingerprint density at radius 3 is 1.57 bits per heavy atom. The molecule has 72 valence electrons. The fraction of sp³-hybridized carbons (Fsp3) is 0. The Hall–Kier alpha value is -1.78. The lowest BCUT2D eigenvalue weighted by molar-refractivity contribution is -0.164. The smallest absolute Gasteiger partial charge is 0.211 e. The van der Waals surface area contributed by atoms with Crippen molar-refractivity contribution in [2.75, 3.05) is 0 Å². The van der Waals surface area contributed by atoms with Gasteiger partial charge < -0.3 is 9.78 Å². The summed E-state index contributed by atoms with van der Waals surface area (Å²) >= 11 is 0. The van der Waals surface area contributed by atoms with Crippen LogP contribution in [0.5, 0.6) is 11.5 Å². The largest absolute Gasteiger partial charge is 0.336 e. The van der Waals surface area contributed by atoms with Crippen LogP contribution in [-0.2, 0) is 0 Å². The molecule has 0 unspecified atom stereocenters. The van der Waals surface area contributed by atoms with E-state index in [2.05, 4.69) is 9.78 Å². The second-order valence-electron chi connectivity index (χ2n) is 2.83. The second kappa shape index (κ2) is 3.53. The molecule has 0 radical (unpaired) electrons. The molecule has 14 heavy (non-hydrogen) atoms. The lowest BCUT2D eigenvalue weighted by Crippen LogP contribution is -1.91. The average molecular weight is 192 g/mol. The van der Waals surface area contributed by atoms with E-state index in [1.54, 1.807) is 12.1 Å². The Morgan fingerprint density at radius 1 is 0.786 bits per heavy atom. The molecular weight excluding hydrogens is 184 g/mol. The van der Waals surface area contributed by atoms with Gasteiger partial charge in [-0.25, -0.2) is 10.5 Å². The number of fused-ring (bicyclic) bond motifs is 1. The maximum absolute atomic E-state index is 8.52. The maximum atomic E-state index is 8.52. The van der Waals surface area contributed by atoms with E-state index in [9.17, 15) is 0 Å². The van der Waals surface area contributed by atoms with Crippen molar-refractivity contribution in [1.82, 2.24) is 0 Å². The van der Waals surface area contributed by atoms with Gasteiger partial charge in [0.2, 0.25) is 11.5 Å². The van der Waals surface area contributed by atoms with Crippen molar-refractivity contribution in [1.29, 1.82) is 0 Å². The minimum Gasteiger partial charge on any atom is -0.336 e. The highest BCUT2D eigenvalue weighted by atomic mass is 17.1. The summed E-state index contributed by atoms with van der Waals surface area (Å²) in [4.78, 5) is 8.12. The molecule has 2 rings (SSSR count). The van der Waals surface area contributed by atoms with Gasteiger partial charge in [0.25, 0.3) is 0 Å². The Balaban J connectivity index is 2.69. The van der Waals surface area contributed by atoms with Gasteiger partial charge in [0.05, 0.1) is 0 Å². The van der Waals surface area contributed by atoms with Crippen LogP contribution in [0.4, 0.5) is 0 Å². The van der Waals surface area contributed by atoms with Gasteiger partial charge >= 0.3 is 0 Å². The highest BCUT2D eigenvalue weighted by molar-refractivity contribution is 5.85. The average Bonchev–Trinajstić information content (AvgIpc) is 2.27. The van der Waals surface area contributed by atoms with Gasteiger partial charge in [-0.15, -0.1) is 0 Å². The normalized spacial score (nSPS) is 10.1. The third-order valence-electron chi connectivity index (χ3n) is 2.01. The van der Waals surface area contributed by atoms with Gasteiger partial charge in [-0.3, -0.25) is 0 Å². The highest BCUT2D eigenvalue weighted by Gasteiger charge is 2.07. The molecule has 0 spiro atoms. The first kappa shape index (κ1) is 8.80. The number of hydrogen-bond acceptors (Lipinski definition) is 4. The van der Waals surface area contributed by atoms with Gasteiger partial charge in [-0.05, 0) is 22.9 Å². The lowest BCUT2D eigenvalue weighted by atomic mass is 10.1. The molecule has 0 aliphatic rings. The van der Waals surface area contributed by atoms with Crippen LogP contribution >= 0.6 is 0 Å². The SMILES string of the molecule is OOc1cc2ccccc2cc1OO. The summed E-state index contributed by atoms with van der Waals surface area (Å²) in [6, 6.07) is 10.6. The minimum atomic E-state index is 0.0752. The van der Waals surface area contributed by atoms with Crippen molar-refractivity contribution in [3.8, 4) is 11.5 Å². The van der Waals surface area contributed by atoms with Crippen molar-refractivity contribution in [2.45, 2.75) is 0 Å².